The highest BCUT2D eigenvalue weighted by molar-refractivity contribution is 6.35. The summed E-state index contributed by atoms with van der Waals surface area (Å²) >= 11 is 6.21. The number of benzene rings is 1. The molecule has 17 heavy (non-hydrogen) atoms. The van der Waals surface area contributed by atoms with Gasteiger partial charge in [0.25, 0.3) is 0 Å². The van der Waals surface area contributed by atoms with Crippen molar-refractivity contribution in [1.82, 2.24) is 9.55 Å². The summed E-state index contributed by atoms with van der Waals surface area (Å²) in [5, 5.41) is 0.721. The molecule has 0 spiro atoms. The van der Waals surface area contributed by atoms with E-state index in [1.54, 1.807) is 0 Å². The Kier molecular flexibility index (Phi) is 3.15. The molecule has 2 aromatic rings. The van der Waals surface area contributed by atoms with E-state index < -0.39 is 0 Å². The molecule has 1 heterocycles. The maximum absolute atomic E-state index is 6.41. The van der Waals surface area contributed by atoms with Crippen LogP contribution in [0.1, 0.15) is 32.5 Å². The molecule has 4 heteroatoms. The Bertz CT molecular complexity index is 541. The first-order chi connectivity index (χ1) is 8.03. The number of halogens is 1. The van der Waals surface area contributed by atoms with Crippen LogP contribution in [-0.2, 0) is 12.6 Å². The molecular weight excluding hydrogens is 234 g/mol. The fraction of sp³-hybridized carbons (Fsp3) is 0.462. The number of aryl methyl sites for hydroxylation is 1. The van der Waals surface area contributed by atoms with E-state index in [-0.39, 0.29) is 5.54 Å². The molecule has 0 saturated carbocycles. The predicted octanol–water partition coefficient (Wildman–Crippen LogP) is 3.20. The van der Waals surface area contributed by atoms with Crippen LogP contribution >= 0.6 is 11.6 Å². The fourth-order valence-electron chi connectivity index (χ4n) is 2.23. The van der Waals surface area contributed by atoms with Gasteiger partial charge in [-0.2, -0.15) is 0 Å². The zero-order chi connectivity index (χ0) is 12.6. The van der Waals surface area contributed by atoms with Crippen molar-refractivity contribution in [3.63, 3.8) is 0 Å². The van der Waals surface area contributed by atoms with E-state index in [1.807, 2.05) is 29.8 Å². The van der Waals surface area contributed by atoms with E-state index in [2.05, 4.69) is 18.8 Å². The average molecular weight is 252 g/mol. The van der Waals surface area contributed by atoms with Gasteiger partial charge in [-0.1, -0.05) is 31.5 Å². The standard InChI is InChI=1S/C13H18ClN3/c1-4-13(15,5-2)12-16-10-8-6-7-9(14)11(10)17(12)3/h6-8H,4-5,15H2,1-3H3. The molecule has 0 fully saturated rings. The number of hydrogen-bond donors (Lipinski definition) is 1. The zero-order valence-corrected chi connectivity index (χ0v) is 11.3. The van der Waals surface area contributed by atoms with E-state index in [1.165, 1.54) is 0 Å². The summed E-state index contributed by atoms with van der Waals surface area (Å²) in [7, 11) is 1.98. The van der Waals surface area contributed by atoms with Crippen molar-refractivity contribution >= 4 is 22.6 Å². The van der Waals surface area contributed by atoms with Crippen LogP contribution in [0.5, 0.6) is 0 Å². The summed E-state index contributed by atoms with van der Waals surface area (Å²) in [5.41, 5.74) is 7.90. The Morgan fingerprint density at radius 2 is 2.00 bits per heavy atom. The molecule has 1 aromatic carbocycles. The summed E-state index contributed by atoms with van der Waals surface area (Å²) in [4.78, 5) is 4.64. The molecule has 3 nitrogen and oxygen atoms in total. The van der Waals surface area contributed by atoms with E-state index >= 15 is 0 Å². The van der Waals surface area contributed by atoms with Crippen LogP contribution < -0.4 is 5.73 Å². The van der Waals surface area contributed by atoms with E-state index in [9.17, 15) is 0 Å². The van der Waals surface area contributed by atoms with Crippen molar-refractivity contribution in [3.05, 3.63) is 29.0 Å². The van der Waals surface area contributed by atoms with Crippen molar-refractivity contribution < 1.29 is 0 Å². The molecule has 0 amide bonds. The maximum Gasteiger partial charge on any atom is 0.129 e. The molecule has 0 saturated heterocycles. The number of fused-ring (bicyclic) bond motifs is 1. The summed E-state index contributed by atoms with van der Waals surface area (Å²) in [6.07, 6.45) is 1.72. The molecule has 0 atom stereocenters. The lowest BCUT2D eigenvalue weighted by Crippen LogP contribution is -2.37. The quantitative estimate of drug-likeness (QED) is 0.911. The normalized spacial score (nSPS) is 12.3. The highest BCUT2D eigenvalue weighted by Gasteiger charge is 2.29. The molecule has 92 valence electrons. The van der Waals surface area contributed by atoms with Gasteiger partial charge in [0.1, 0.15) is 5.82 Å². The molecule has 0 aliphatic heterocycles. The number of nitrogens with two attached hydrogens (primary N) is 1. The summed E-state index contributed by atoms with van der Waals surface area (Å²) < 4.78 is 2.02. The Labute approximate surface area is 107 Å². The summed E-state index contributed by atoms with van der Waals surface area (Å²) in [5.74, 6) is 0.908. The monoisotopic (exact) mass is 251 g/mol. The smallest absolute Gasteiger partial charge is 0.129 e. The highest BCUT2D eigenvalue weighted by atomic mass is 35.5. The van der Waals surface area contributed by atoms with E-state index in [0.717, 1.165) is 34.7 Å². The zero-order valence-electron chi connectivity index (χ0n) is 10.5. The van der Waals surface area contributed by atoms with Crippen molar-refractivity contribution in [2.45, 2.75) is 32.2 Å². The number of rotatable bonds is 3. The first kappa shape index (κ1) is 12.4. The Hall–Kier alpha value is -1.06. The lowest BCUT2D eigenvalue weighted by Gasteiger charge is -2.25. The van der Waals surface area contributed by atoms with Gasteiger partial charge >= 0.3 is 0 Å². The average Bonchev–Trinajstić information content (AvgIpc) is 2.68. The number of imidazole rings is 1. The Morgan fingerprint density at radius 1 is 1.35 bits per heavy atom. The SMILES string of the molecule is CCC(N)(CC)c1nc2cccc(Cl)c2n1C. The molecule has 0 radical (unpaired) electrons. The number of aromatic nitrogens is 2. The maximum atomic E-state index is 6.41. The first-order valence-corrected chi connectivity index (χ1v) is 6.31. The predicted molar refractivity (Wildman–Crippen MR) is 72.2 cm³/mol. The minimum Gasteiger partial charge on any atom is -0.328 e. The van der Waals surface area contributed by atoms with Gasteiger partial charge in [-0.05, 0) is 25.0 Å². The van der Waals surface area contributed by atoms with Crippen LogP contribution in [0, 0.1) is 0 Å². The van der Waals surface area contributed by atoms with Crippen molar-refractivity contribution in [2.24, 2.45) is 12.8 Å². The Balaban J connectivity index is 2.72. The van der Waals surface area contributed by atoms with E-state index in [4.69, 9.17) is 17.3 Å². The van der Waals surface area contributed by atoms with Crippen LogP contribution in [0.15, 0.2) is 18.2 Å². The fourth-order valence-corrected chi connectivity index (χ4v) is 2.53. The third-order valence-electron chi connectivity index (χ3n) is 3.55. The van der Waals surface area contributed by atoms with Gasteiger partial charge in [0, 0.05) is 7.05 Å². The van der Waals surface area contributed by atoms with Crippen LogP contribution in [0.4, 0.5) is 0 Å². The lowest BCUT2D eigenvalue weighted by atomic mass is 9.93. The minimum absolute atomic E-state index is 0.378. The van der Waals surface area contributed by atoms with Gasteiger partial charge in [0.2, 0.25) is 0 Å². The summed E-state index contributed by atoms with van der Waals surface area (Å²) in [6, 6.07) is 5.76. The molecule has 2 rings (SSSR count). The number of hydrogen-bond acceptors (Lipinski definition) is 2. The topological polar surface area (TPSA) is 43.8 Å². The molecule has 0 bridgehead atoms. The molecule has 0 aliphatic rings. The van der Waals surface area contributed by atoms with Crippen LogP contribution in [-0.4, -0.2) is 9.55 Å². The first-order valence-electron chi connectivity index (χ1n) is 5.93. The molecular formula is C13H18ClN3. The van der Waals surface area contributed by atoms with Crippen LogP contribution in [0.2, 0.25) is 5.02 Å². The third kappa shape index (κ3) is 1.83. The molecule has 0 aliphatic carbocycles. The van der Waals surface area contributed by atoms with Crippen molar-refractivity contribution in [1.29, 1.82) is 0 Å². The van der Waals surface area contributed by atoms with Crippen molar-refractivity contribution in [3.8, 4) is 0 Å². The van der Waals surface area contributed by atoms with E-state index in [0.29, 0.717) is 0 Å². The third-order valence-corrected chi connectivity index (χ3v) is 3.86. The second-order valence-electron chi connectivity index (χ2n) is 4.47. The Morgan fingerprint density at radius 3 is 2.53 bits per heavy atom. The van der Waals surface area contributed by atoms with Gasteiger partial charge in [0.15, 0.2) is 0 Å². The highest BCUT2D eigenvalue weighted by Crippen LogP contribution is 2.30. The van der Waals surface area contributed by atoms with Gasteiger partial charge < -0.3 is 10.3 Å². The van der Waals surface area contributed by atoms with Crippen LogP contribution in [0.3, 0.4) is 0 Å². The van der Waals surface area contributed by atoms with Crippen molar-refractivity contribution in [2.75, 3.05) is 0 Å². The van der Waals surface area contributed by atoms with Gasteiger partial charge in [-0.3, -0.25) is 0 Å². The van der Waals surface area contributed by atoms with Crippen LogP contribution in [0.25, 0.3) is 11.0 Å². The number of nitrogens with zero attached hydrogens (tertiary/aromatic N) is 2. The summed E-state index contributed by atoms with van der Waals surface area (Å²) in [6.45, 7) is 4.18. The second kappa shape index (κ2) is 4.31. The molecule has 1 aromatic heterocycles. The number of para-hydroxylation sites is 1. The molecule has 0 unspecified atom stereocenters. The lowest BCUT2D eigenvalue weighted by molar-refractivity contribution is 0.378. The molecule has 2 N–H and O–H groups in total. The largest absolute Gasteiger partial charge is 0.328 e. The van der Waals surface area contributed by atoms with Gasteiger partial charge in [-0.25, -0.2) is 4.98 Å². The van der Waals surface area contributed by atoms with Gasteiger partial charge in [-0.15, -0.1) is 0 Å². The minimum atomic E-state index is -0.378. The van der Waals surface area contributed by atoms with Gasteiger partial charge in [0.05, 0.1) is 21.6 Å². The second-order valence-corrected chi connectivity index (χ2v) is 4.87.